The van der Waals surface area contributed by atoms with Gasteiger partial charge in [0.25, 0.3) is 0 Å². The highest BCUT2D eigenvalue weighted by Gasteiger charge is 2.20. The minimum absolute atomic E-state index is 0.0501. The van der Waals surface area contributed by atoms with Crippen LogP contribution in [-0.4, -0.2) is 26.0 Å². The first-order valence-corrected chi connectivity index (χ1v) is 7.52. The molecule has 0 unspecified atom stereocenters. The molecule has 0 spiro atoms. The zero-order valence-electron chi connectivity index (χ0n) is 12.1. The molecule has 112 valence electrons. The van der Waals surface area contributed by atoms with Gasteiger partial charge in [-0.1, -0.05) is 5.21 Å². The van der Waals surface area contributed by atoms with Crippen LogP contribution in [0.3, 0.4) is 0 Å². The summed E-state index contributed by atoms with van der Waals surface area (Å²) < 4.78 is 2.53. The highest BCUT2D eigenvalue weighted by Crippen LogP contribution is 2.18. The van der Waals surface area contributed by atoms with E-state index < -0.39 is 5.60 Å². The van der Waals surface area contributed by atoms with Crippen LogP contribution in [0.1, 0.15) is 25.1 Å². The lowest BCUT2D eigenvalue weighted by molar-refractivity contribution is -0.116. The molecule has 2 N–H and O–H groups in total. The molecule has 2 rings (SSSR count). The number of halogens is 1. The molecule has 0 saturated heterocycles. The molecule has 7 heteroatoms. The Morgan fingerprint density at radius 1 is 1.48 bits per heavy atom. The summed E-state index contributed by atoms with van der Waals surface area (Å²) in [6.45, 7) is 5.24. The van der Waals surface area contributed by atoms with Gasteiger partial charge in [0.2, 0.25) is 5.91 Å². The van der Waals surface area contributed by atoms with Crippen LogP contribution in [0, 0.1) is 10.5 Å². The van der Waals surface area contributed by atoms with Crippen LogP contribution in [0.25, 0.3) is 0 Å². The molecule has 1 aromatic heterocycles. The van der Waals surface area contributed by atoms with Crippen LogP contribution in [-0.2, 0) is 16.9 Å². The van der Waals surface area contributed by atoms with Crippen molar-refractivity contribution in [2.75, 3.05) is 5.32 Å². The number of aliphatic hydroxyl groups is 1. The molecule has 21 heavy (non-hydrogen) atoms. The van der Waals surface area contributed by atoms with E-state index in [1.54, 1.807) is 20.0 Å². The summed E-state index contributed by atoms with van der Waals surface area (Å²) in [5.41, 5.74) is 1.15. The number of anilines is 1. The first-order chi connectivity index (χ1) is 9.75. The van der Waals surface area contributed by atoms with E-state index in [1.165, 1.54) is 4.68 Å². The number of benzene rings is 1. The lowest BCUT2D eigenvalue weighted by Crippen LogP contribution is -2.20. The number of carbonyl (C=O) groups is 1. The molecule has 0 aliphatic carbocycles. The minimum Gasteiger partial charge on any atom is -0.384 e. The second-order valence-corrected chi connectivity index (χ2v) is 6.61. The van der Waals surface area contributed by atoms with Gasteiger partial charge >= 0.3 is 0 Å². The number of hydrogen-bond acceptors (Lipinski definition) is 4. The number of aromatic nitrogens is 3. The number of hydrogen-bond donors (Lipinski definition) is 2. The lowest BCUT2D eigenvalue weighted by Gasteiger charge is -2.12. The first kappa shape index (κ1) is 15.9. The third kappa shape index (κ3) is 4.24. The molecule has 0 bridgehead atoms. The average molecular weight is 400 g/mol. The quantitative estimate of drug-likeness (QED) is 0.771. The SMILES string of the molecule is Cc1cc(I)ccc1NC(=O)Cn1cc(C(C)(C)O)nn1. The van der Waals surface area contributed by atoms with Gasteiger partial charge in [-0.15, -0.1) is 5.10 Å². The van der Waals surface area contributed by atoms with Crippen LogP contribution in [0.4, 0.5) is 5.69 Å². The summed E-state index contributed by atoms with van der Waals surface area (Å²) in [7, 11) is 0. The summed E-state index contributed by atoms with van der Waals surface area (Å²) in [5.74, 6) is -0.188. The van der Waals surface area contributed by atoms with Crippen molar-refractivity contribution < 1.29 is 9.90 Å². The maximum Gasteiger partial charge on any atom is 0.246 e. The van der Waals surface area contributed by atoms with Crippen molar-refractivity contribution in [2.45, 2.75) is 32.9 Å². The predicted octanol–water partition coefficient (Wildman–Crippen LogP) is 2.06. The maximum atomic E-state index is 12.0. The molecule has 0 radical (unpaired) electrons. The van der Waals surface area contributed by atoms with Gasteiger partial charge in [-0.2, -0.15) is 0 Å². The van der Waals surface area contributed by atoms with E-state index in [0.29, 0.717) is 5.69 Å². The number of rotatable bonds is 4. The third-order valence-corrected chi connectivity index (χ3v) is 3.60. The summed E-state index contributed by atoms with van der Waals surface area (Å²) >= 11 is 2.23. The van der Waals surface area contributed by atoms with Crippen LogP contribution in [0.15, 0.2) is 24.4 Å². The van der Waals surface area contributed by atoms with Crippen molar-refractivity contribution in [3.63, 3.8) is 0 Å². The Bertz CT molecular complexity index is 661. The van der Waals surface area contributed by atoms with Gasteiger partial charge in [-0.25, -0.2) is 4.68 Å². The van der Waals surface area contributed by atoms with Gasteiger partial charge in [0.1, 0.15) is 17.8 Å². The molecule has 1 aromatic carbocycles. The molecule has 0 aliphatic rings. The Balaban J connectivity index is 2.03. The number of amides is 1. The summed E-state index contributed by atoms with van der Waals surface area (Å²) in [4.78, 5) is 12.0. The molecule has 1 heterocycles. The van der Waals surface area contributed by atoms with Crippen molar-refractivity contribution in [1.82, 2.24) is 15.0 Å². The van der Waals surface area contributed by atoms with Gasteiger partial charge in [-0.3, -0.25) is 4.79 Å². The van der Waals surface area contributed by atoms with Crippen molar-refractivity contribution >= 4 is 34.2 Å². The van der Waals surface area contributed by atoms with Gasteiger partial charge < -0.3 is 10.4 Å². The van der Waals surface area contributed by atoms with Crippen LogP contribution < -0.4 is 5.32 Å². The zero-order valence-corrected chi connectivity index (χ0v) is 14.2. The maximum absolute atomic E-state index is 12.0. The molecule has 0 aliphatic heterocycles. The molecular formula is C14H17IN4O2. The van der Waals surface area contributed by atoms with Crippen molar-refractivity contribution in [3.8, 4) is 0 Å². The molecular weight excluding hydrogens is 383 g/mol. The minimum atomic E-state index is -1.07. The lowest BCUT2D eigenvalue weighted by atomic mass is 10.1. The smallest absolute Gasteiger partial charge is 0.246 e. The first-order valence-electron chi connectivity index (χ1n) is 6.45. The highest BCUT2D eigenvalue weighted by atomic mass is 127. The standard InChI is InChI=1S/C14H17IN4O2/c1-9-6-10(15)4-5-11(9)16-13(20)8-19-7-12(17-18-19)14(2,3)21/h4-7,21H,8H2,1-3H3,(H,16,20). The van der Waals surface area contributed by atoms with E-state index in [0.717, 1.165) is 14.8 Å². The Hall–Kier alpha value is -1.48. The summed E-state index contributed by atoms with van der Waals surface area (Å²) in [5, 5.41) is 20.4. The van der Waals surface area contributed by atoms with Gasteiger partial charge in [0.15, 0.2) is 0 Å². The fourth-order valence-corrected chi connectivity index (χ4v) is 2.41. The number of carbonyl (C=O) groups excluding carboxylic acids is 1. The van der Waals surface area contributed by atoms with Crippen molar-refractivity contribution in [2.24, 2.45) is 0 Å². The summed E-state index contributed by atoms with van der Waals surface area (Å²) in [6, 6.07) is 5.81. The van der Waals surface area contributed by atoms with E-state index in [9.17, 15) is 9.90 Å². The van der Waals surface area contributed by atoms with Crippen LogP contribution in [0.2, 0.25) is 0 Å². The Kier molecular flexibility index (Phi) is 4.62. The Labute approximate surface area is 136 Å². The number of aryl methyl sites for hydroxylation is 1. The van der Waals surface area contributed by atoms with Crippen LogP contribution in [0.5, 0.6) is 0 Å². The molecule has 0 saturated carbocycles. The van der Waals surface area contributed by atoms with E-state index in [-0.39, 0.29) is 12.5 Å². The molecule has 0 atom stereocenters. The van der Waals surface area contributed by atoms with E-state index in [1.807, 2.05) is 25.1 Å². The number of nitrogens with zero attached hydrogens (tertiary/aromatic N) is 3. The van der Waals surface area contributed by atoms with Crippen molar-refractivity contribution in [1.29, 1.82) is 0 Å². The monoisotopic (exact) mass is 400 g/mol. The fraction of sp³-hybridized carbons (Fsp3) is 0.357. The van der Waals surface area contributed by atoms with Crippen LogP contribution >= 0.6 is 22.6 Å². The van der Waals surface area contributed by atoms with Gasteiger partial charge in [0, 0.05) is 9.26 Å². The largest absolute Gasteiger partial charge is 0.384 e. The van der Waals surface area contributed by atoms with E-state index >= 15 is 0 Å². The second kappa shape index (κ2) is 6.10. The second-order valence-electron chi connectivity index (χ2n) is 5.37. The molecule has 6 nitrogen and oxygen atoms in total. The van der Waals surface area contributed by atoms with Gasteiger partial charge in [-0.05, 0) is 67.1 Å². The topological polar surface area (TPSA) is 80.0 Å². The summed E-state index contributed by atoms with van der Waals surface area (Å²) in [6.07, 6.45) is 1.57. The zero-order chi connectivity index (χ0) is 15.6. The highest BCUT2D eigenvalue weighted by molar-refractivity contribution is 14.1. The molecule has 1 amide bonds. The Morgan fingerprint density at radius 2 is 2.19 bits per heavy atom. The van der Waals surface area contributed by atoms with E-state index in [2.05, 4.69) is 38.2 Å². The van der Waals surface area contributed by atoms with Crippen molar-refractivity contribution in [3.05, 3.63) is 39.2 Å². The fourth-order valence-electron chi connectivity index (χ4n) is 1.76. The predicted molar refractivity (Wildman–Crippen MR) is 87.8 cm³/mol. The normalized spacial score (nSPS) is 11.5. The van der Waals surface area contributed by atoms with E-state index in [4.69, 9.17) is 0 Å². The molecule has 2 aromatic rings. The Morgan fingerprint density at radius 3 is 2.76 bits per heavy atom. The average Bonchev–Trinajstić information content (AvgIpc) is 2.81. The third-order valence-electron chi connectivity index (χ3n) is 2.93. The molecule has 0 fully saturated rings. The number of nitrogens with one attached hydrogen (secondary N) is 1. The van der Waals surface area contributed by atoms with Gasteiger partial charge in [0.05, 0.1) is 6.20 Å².